The van der Waals surface area contributed by atoms with Crippen LogP contribution in [0.15, 0.2) is 59.6 Å². The molecule has 0 atom stereocenters. The highest BCUT2D eigenvalue weighted by molar-refractivity contribution is 14.0. The van der Waals surface area contributed by atoms with Crippen LogP contribution in [-0.4, -0.2) is 45.7 Å². The standard InChI is InChI=1S/C20H26N4O2.HI/c1-21-20(23-13-12-16-6-4-3-5-7-16)24-15-14-22-19(25)17-8-10-18(26-2)11-9-17;/h3-11H,12-15H2,1-2H3,(H,22,25)(H2,21,23,24);1H. The van der Waals surface area contributed by atoms with Gasteiger partial charge >= 0.3 is 0 Å². The molecule has 0 saturated carbocycles. The number of nitrogens with one attached hydrogen (secondary N) is 3. The molecule has 1 amide bonds. The Morgan fingerprint density at radius 2 is 1.56 bits per heavy atom. The summed E-state index contributed by atoms with van der Waals surface area (Å²) in [5.74, 6) is 1.34. The second-order valence-electron chi connectivity index (χ2n) is 5.65. The normalized spacial score (nSPS) is 10.5. The van der Waals surface area contributed by atoms with Crippen LogP contribution in [0.4, 0.5) is 0 Å². The maximum Gasteiger partial charge on any atom is 0.251 e. The van der Waals surface area contributed by atoms with Crippen molar-refractivity contribution in [1.82, 2.24) is 16.0 Å². The van der Waals surface area contributed by atoms with Crippen LogP contribution >= 0.6 is 24.0 Å². The van der Waals surface area contributed by atoms with Crippen LogP contribution < -0.4 is 20.7 Å². The van der Waals surface area contributed by atoms with Crippen molar-refractivity contribution in [2.45, 2.75) is 6.42 Å². The first-order valence-corrected chi connectivity index (χ1v) is 8.63. The lowest BCUT2D eigenvalue weighted by molar-refractivity contribution is 0.0954. The molecule has 0 spiro atoms. The van der Waals surface area contributed by atoms with Crippen molar-refractivity contribution >= 4 is 35.8 Å². The molecule has 0 aromatic heterocycles. The van der Waals surface area contributed by atoms with Crippen LogP contribution in [0.3, 0.4) is 0 Å². The fourth-order valence-electron chi connectivity index (χ4n) is 2.39. The third-order valence-corrected chi connectivity index (χ3v) is 3.83. The van der Waals surface area contributed by atoms with E-state index in [2.05, 4.69) is 33.1 Å². The minimum absolute atomic E-state index is 0. The Morgan fingerprint density at radius 1 is 0.926 bits per heavy atom. The number of guanidine groups is 1. The van der Waals surface area contributed by atoms with Gasteiger partial charge in [0.2, 0.25) is 0 Å². The minimum atomic E-state index is -0.110. The van der Waals surface area contributed by atoms with Gasteiger partial charge in [-0.15, -0.1) is 24.0 Å². The minimum Gasteiger partial charge on any atom is -0.497 e. The first-order valence-electron chi connectivity index (χ1n) is 8.63. The molecule has 7 heteroatoms. The fraction of sp³-hybridized carbons (Fsp3) is 0.300. The van der Waals surface area contributed by atoms with Crippen molar-refractivity contribution in [3.05, 3.63) is 65.7 Å². The molecule has 0 heterocycles. The molecule has 0 fully saturated rings. The maximum atomic E-state index is 12.1. The molecule has 0 bridgehead atoms. The number of aliphatic imine (C=N–C) groups is 1. The molecule has 2 aromatic rings. The van der Waals surface area contributed by atoms with Gasteiger partial charge in [0, 0.05) is 32.2 Å². The average molecular weight is 482 g/mol. The summed E-state index contributed by atoms with van der Waals surface area (Å²) < 4.78 is 5.08. The van der Waals surface area contributed by atoms with E-state index in [9.17, 15) is 4.79 Å². The topological polar surface area (TPSA) is 74.8 Å². The van der Waals surface area contributed by atoms with Crippen molar-refractivity contribution in [3.63, 3.8) is 0 Å². The number of methoxy groups -OCH3 is 1. The molecular formula is C20H27IN4O2. The van der Waals surface area contributed by atoms with Crippen molar-refractivity contribution < 1.29 is 9.53 Å². The smallest absolute Gasteiger partial charge is 0.251 e. The molecule has 2 aromatic carbocycles. The molecule has 0 aliphatic carbocycles. The Hall–Kier alpha value is -2.29. The van der Waals surface area contributed by atoms with Crippen LogP contribution in [-0.2, 0) is 6.42 Å². The van der Waals surface area contributed by atoms with Crippen LogP contribution in [0, 0.1) is 0 Å². The van der Waals surface area contributed by atoms with Gasteiger partial charge < -0.3 is 20.7 Å². The summed E-state index contributed by atoms with van der Waals surface area (Å²) in [5.41, 5.74) is 1.89. The Kier molecular flexibility index (Phi) is 10.9. The largest absolute Gasteiger partial charge is 0.497 e. The highest BCUT2D eigenvalue weighted by atomic mass is 127. The van der Waals surface area contributed by atoms with Gasteiger partial charge in [0.25, 0.3) is 5.91 Å². The zero-order valence-corrected chi connectivity index (χ0v) is 18.0. The number of hydrogen-bond acceptors (Lipinski definition) is 3. The molecule has 2 rings (SSSR count). The number of halogens is 1. The first kappa shape index (κ1) is 22.8. The summed E-state index contributed by atoms with van der Waals surface area (Å²) in [4.78, 5) is 16.2. The number of hydrogen-bond donors (Lipinski definition) is 3. The fourth-order valence-corrected chi connectivity index (χ4v) is 2.39. The number of carbonyl (C=O) groups excluding carboxylic acids is 1. The highest BCUT2D eigenvalue weighted by Crippen LogP contribution is 2.10. The number of carbonyl (C=O) groups is 1. The van der Waals surface area contributed by atoms with Gasteiger partial charge in [-0.2, -0.15) is 0 Å². The summed E-state index contributed by atoms with van der Waals surface area (Å²) in [6.07, 6.45) is 0.926. The number of nitrogens with zero attached hydrogens (tertiary/aromatic N) is 1. The Balaban J connectivity index is 0.00000364. The number of ether oxygens (including phenoxy) is 1. The predicted octanol–water partition coefficient (Wildman–Crippen LogP) is 2.45. The van der Waals surface area contributed by atoms with E-state index in [-0.39, 0.29) is 29.9 Å². The van der Waals surface area contributed by atoms with Gasteiger partial charge in [-0.05, 0) is 36.2 Å². The van der Waals surface area contributed by atoms with Crippen LogP contribution in [0.25, 0.3) is 0 Å². The Labute approximate surface area is 177 Å². The first-order chi connectivity index (χ1) is 12.7. The molecule has 0 aliphatic rings. The van der Waals surface area contributed by atoms with Crippen molar-refractivity contribution in [3.8, 4) is 5.75 Å². The molecule has 0 unspecified atom stereocenters. The second-order valence-corrected chi connectivity index (χ2v) is 5.65. The molecular weight excluding hydrogens is 455 g/mol. The molecule has 6 nitrogen and oxygen atoms in total. The van der Waals surface area contributed by atoms with Gasteiger partial charge in [0.05, 0.1) is 7.11 Å². The van der Waals surface area contributed by atoms with Gasteiger partial charge in [-0.25, -0.2) is 0 Å². The Morgan fingerprint density at radius 3 is 2.19 bits per heavy atom. The van der Waals surface area contributed by atoms with E-state index >= 15 is 0 Å². The van der Waals surface area contributed by atoms with E-state index in [4.69, 9.17) is 4.74 Å². The van der Waals surface area contributed by atoms with E-state index in [0.29, 0.717) is 18.7 Å². The molecule has 0 radical (unpaired) electrons. The number of benzene rings is 2. The van der Waals surface area contributed by atoms with Gasteiger partial charge in [-0.3, -0.25) is 9.79 Å². The SMILES string of the molecule is CN=C(NCCNC(=O)c1ccc(OC)cc1)NCCc1ccccc1.I. The summed E-state index contributed by atoms with van der Waals surface area (Å²) >= 11 is 0. The van der Waals surface area contributed by atoms with E-state index in [1.165, 1.54) is 5.56 Å². The molecule has 0 saturated heterocycles. The summed E-state index contributed by atoms with van der Waals surface area (Å²) in [5, 5.41) is 9.32. The zero-order valence-electron chi connectivity index (χ0n) is 15.7. The summed E-state index contributed by atoms with van der Waals surface area (Å²) in [6.45, 7) is 1.89. The molecule has 27 heavy (non-hydrogen) atoms. The third kappa shape index (κ3) is 8.29. The Bertz CT molecular complexity index is 706. The number of amides is 1. The van der Waals surface area contributed by atoms with E-state index in [0.717, 1.165) is 24.7 Å². The lowest BCUT2D eigenvalue weighted by atomic mass is 10.1. The van der Waals surface area contributed by atoms with E-state index in [1.54, 1.807) is 38.4 Å². The summed E-state index contributed by atoms with van der Waals surface area (Å²) in [6, 6.07) is 17.3. The molecule has 3 N–H and O–H groups in total. The maximum absolute atomic E-state index is 12.1. The quantitative estimate of drug-likeness (QED) is 0.234. The molecule has 146 valence electrons. The third-order valence-electron chi connectivity index (χ3n) is 3.83. The van der Waals surface area contributed by atoms with Crippen molar-refractivity contribution in [2.75, 3.05) is 33.8 Å². The second kappa shape index (κ2) is 13.0. The van der Waals surface area contributed by atoms with E-state index < -0.39 is 0 Å². The monoisotopic (exact) mass is 482 g/mol. The van der Waals surface area contributed by atoms with Crippen molar-refractivity contribution in [2.24, 2.45) is 4.99 Å². The predicted molar refractivity (Wildman–Crippen MR) is 120 cm³/mol. The zero-order chi connectivity index (χ0) is 18.6. The van der Waals surface area contributed by atoms with Crippen LogP contribution in [0.5, 0.6) is 5.75 Å². The van der Waals surface area contributed by atoms with Crippen LogP contribution in [0.1, 0.15) is 15.9 Å². The van der Waals surface area contributed by atoms with E-state index in [1.807, 2.05) is 18.2 Å². The van der Waals surface area contributed by atoms with Gasteiger partial charge in [0.1, 0.15) is 5.75 Å². The van der Waals surface area contributed by atoms with Crippen LogP contribution in [0.2, 0.25) is 0 Å². The lowest BCUT2D eigenvalue weighted by Gasteiger charge is -2.12. The lowest BCUT2D eigenvalue weighted by Crippen LogP contribution is -2.42. The summed E-state index contributed by atoms with van der Waals surface area (Å²) in [7, 11) is 3.33. The van der Waals surface area contributed by atoms with Gasteiger partial charge in [-0.1, -0.05) is 30.3 Å². The van der Waals surface area contributed by atoms with Gasteiger partial charge in [0.15, 0.2) is 5.96 Å². The molecule has 0 aliphatic heterocycles. The average Bonchev–Trinajstić information content (AvgIpc) is 2.70. The highest BCUT2D eigenvalue weighted by Gasteiger charge is 2.05. The van der Waals surface area contributed by atoms with Crippen molar-refractivity contribution in [1.29, 1.82) is 0 Å². The number of rotatable bonds is 8.